The molecular formula is C24H21ClFN5O2S. The Morgan fingerprint density at radius 2 is 1.97 bits per heavy atom. The van der Waals surface area contributed by atoms with Crippen molar-refractivity contribution in [1.82, 2.24) is 20.2 Å². The van der Waals surface area contributed by atoms with Crippen LogP contribution in [0.2, 0.25) is 5.02 Å². The van der Waals surface area contributed by atoms with Crippen LogP contribution in [0.5, 0.6) is 0 Å². The number of rotatable bonds is 4. The quantitative estimate of drug-likeness (QED) is 0.393. The molecule has 3 heterocycles. The molecule has 0 saturated carbocycles. The highest BCUT2D eigenvalue weighted by molar-refractivity contribution is 7.71. The topological polar surface area (TPSA) is 87.2 Å². The lowest BCUT2D eigenvalue weighted by molar-refractivity contribution is 0.122. The second-order valence-electron chi connectivity index (χ2n) is 8.08. The van der Waals surface area contributed by atoms with Crippen molar-refractivity contribution in [3.63, 3.8) is 0 Å². The minimum atomic E-state index is -1.24. The molecule has 1 aliphatic heterocycles. The zero-order valence-corrected chi connectivity index (χ0v) is 19.8. The number of halogens is 2. The molecule has 0 spiro atoms. The molecule has 1 fully saturated rings. The number of aromatic amines is 1. The Kier molecular flexibility index (Phi) is 6.26. The third-order valence-corrected chi connectivity index (χ3v) is 6.50. The Balaban J connectivity index is 1.59. The van der Waals surface area contributed by atoms with Crippen molar-refractivity contribution in [2.45, 2.75) is 13.0 Å². The van der Waals surface area contributed by atoms with Gasteiger partial charge in [0, 0.05) is 46.0 Å². The monoisotopic (exact) mass is 497 g/mol. The number of nitrogens with one attached hydrogen (secondary N) is 1. The van der Waals surface area contributed by atoms with Crippen molar-refractivity contribution in [3.05, 3.63) is 75.0 Å². The standard InChI is InChI=1S/C24H21ClFN5O2S/c1-13-8-21(34)23(30-29-13)24(32)16-10-17(19(26)11-18(16)25)22-15-3-2-14(9-20(15)27-12-28-22)31-4-6-33-7-5-31/h2-3,8-12,24,32H,4-7H2,1H3,(H,29,34). The molecule has 2 aromatic carbocycles. The van der Waals surface area contributed by atoms with E-state index in [0.717, 1.165) is 24.5 Å². The third kappa shape index (κ3) is 4.27. The van der Waals surface area contributed by atoms with Gasteiger partial charge in [0.05, 0.1) is 28.9 Å². The van der Waals surface area contributed by atoms with E-state index in [1.54, 1.807) is 6.07 Å². The van der Waals surface area contributed by atoms with Crippen molar-refractivity contribution in [1.29, 1.82) is 0 Å². The number of hydrogen-bond donors (Lipinski definition) is 2. The molecule has 10 heteroatoms. The van der Waals surface area contributed by atoms with Crippen LogP contribution < -0.4 is 4.90 Å². The highest BCUT2D eigenvalue weighted by Crippen LogP contribution is 2.36. The van der Waals surface area contributed by atoms with Gasteiger partial charge in [-0.1, -0.05) is 23.8 Å². The summed E-state index contributed by atoms with van der Waals surface area (Å²) < 4.78 is 20.9. The molecule has 2 N–H and O–H groups in total. The molecular weight excluding hydrogens is 477 g/mol. The van der Waals surface area contributed by atoms with Gasteiger partial charge in [-0.2, -0.15) is 5.10 Å². The van der Waals surface area contributed by atoms with Crippen molar-refractivity contribution in [3.8, 4) is 11.3 Å². The molecule has 0 aliphatic carbocycles. The zero-order chi connectivity index (χ0) is 23.8. The molecule has 0 bridgehead atoms. The van der Waals surface area contributed by atoms with E-state index in [4.69, 9.17) is 28.6 Å². The molecule has 4 aromatic rings. The maximum Gasteiger partial charge on any atom is 0.134 e. The predicted octanol–water partition coefficient (Wildman–Crippen LogP) is 4.77. The molecule has 174 valence electrons. The summed E-state index contributed by atoms with van der Waals surface area (Å²) in [5, 5.41) is 18.7. The summed E-state index contributed by atoms with van der Waals surface area (Å²) in [6, 6.07) is 10.2. The van der Waals surface area contributed by atoms with E-state index in [1.165, 1.54) is 18.5 Å². The molecule has 5 rings (SSSR count). The van der Waals surface area contributed by atoms with Crippen molar-refractivity contribution in [2.24, 2.45) is 0 Å². The van der Waals surface area contributed by atoms with Gasteiger partial charge in [0.25, 0.3) is 0 Å². The van der Waals surface area contributed by atoms with E-state index in [0.29, 0.717) is 34.3 Å². The summed E-state index contributed by atoms with van der Waals surface area (Å²) in [5.74, 6) is -0.555. The number of ether oxygens (including phenoxy) is 1. The molecule has 0 radical (unpaired) electrons. The molecule has 1 aliphatic rings. The highest BCUT2D eigenvalue weighted by Gasteiger charge is 2.22. The summed E-state index contributed by atoms with van der Waals surface area (Å²) in [4.78, 5) is 11.0. The van der Waals surface area contributed by atoms with Crippen LogP contribution in [0.15, 0.2) is 42.7 Å². The predicted molar refractivity (Wildman–Crippen MR) is 131 cm³/mol. The van der Waals surface area contributed by atoms with Crippen LogP contribution in [0, 0.1) is 17.3 Å². The van der Waals surface area contributed by atoms with E-state index >= 15 is 4.39 Å². The van der Waals surface area contributed by atoms with Crippen molar-refractivity contribution >= 4 is 40.4 Å². The number of hydrogen-bond acceptors (Lipinski definition) is 7. The molecule has 7 nitrogen and oxygen atoms in total. The summed E-state index contributed by atoms with van der Waals surface area (Å²) in [6.45, 7) is 4.76. The Hall–Kier alpha value is -2.98. The first-order chi connectivity index (χ1) is 16.4. The van der Waals surface area contributed by atoms with Crippen molar-refractivity contribution in [2.75, 3.05) is 31.2 Å². The fraction of sp³-hybridized carbons (Fsp3) is 0.250. The van der Waals surface area contributed by atoms with Gasteiger partial charge in [0.2, 0.25) is 0 Å². The molecule has 34 heavy (non-hydrogen) atoms. The van der Waals surface area contributed by atoms with E-state index < -0.39 is 11.9 Å². The van der Waals surface area contributed by atoms with E-state index in [2.05, 4.69) is 25.1 Å². The maximum absolute atomic E-state index is 15.1. The van der Waals surface area contributed by atoms with Crippen LogP contribution in [-0.2, 0) is 4.74 Å². The number of anilines is 1. The van der Waals surface area contributed by atoms with Gasteiger partial charge in [0.1, 0.15) is 23.9 Å². The Labute approximate surface area is 205 Å². The smallest absolute Gasteiger partial charge is 0.134 e. The Morgan fingerprint density at radius 1 is 1.18 bits per heavy atom. The Bertz CT molecular complexity index is 1440. The number of benzene rings is 2. The van der Waals surface area contributed by atoms with Gasteiger partial charge in [0.15, 0.2) is 0 Å². The third-order valence-electron chi connectivity index (χ3n) is 5.84. The zero-order valence-electron chi connectivity index (χ0n) is 18.3. The Morgan fingerprint density at radius 3 is 2.74 bits per heavy atom. The van der Waals surface area contributed by atoms with Gasteiger partial charge in [-0.25, -0.2) is 14.4 Å². The summed E-state index contributed by atoms with van der Waals surface area (Å²) in [6.07, 6.45) is 0.167. The number of aliphatic hydroxyl groups is 1. The lowest BCUT2D eigenvalue weighted by atomic mass is 9.99. The minimum absolute atomic E-state index is 0.0680. The summed E-state index contributed by atoms with van der Waals surface area (Å²) in [7, 11) is 0. The number of nitrogens with zero attached hydrogens (tertiary/aromatic N) is 4. The van der Waals surface area contributed by atoms with Crippen LogP contribution in [0.3, 0.4) is 0 Å². The number of aliphatic hydroxyl groups excluding tert-OH is 1. The first-order valence-electron chi connectivity index (χ1n) is 10.7. The number of aromatic nitrogens is 4. The first kappa shape index (κ1) is 22.8. The maximum atomic E-state index is 15.1. The molecule has 1 atom stereocenters. The van der Waals surface area contributed by atoms with Crippen molar-refractivity contribution < 1.29 is 14.2 Å². The van der Waals surface area contributed by atoms with Crippen LogP contribution in [0.4, 0.5) is 10.1 Å². The van der Waals surface area contributed by atoms with Crippen LogP contribution in [-0.4, -0.2) is 51.6 Å². The molecule has 0 amide bonds. The SMILES string of the molecule is Cc1cc(=S)c(C(O)c2cc(-c3ncnc4cc(N5CCOCC5)ccc34)c(F)cc2Cl)n[nH]1. The van der Waals surface area contributed by atoms with Gasteiger partial charge in [-0.3, -0.25) is 5.10 Å². The lowest BCUT2D eigenvalue weighted by Crippen LogP contribution is -2.36. The van der Waals surface area contributed by atoms with E-state index in [1.807, 2.05) is 25.1 Å². The first-order valence-corrected chi connectivity index (χ1v) is 11.5. The number of H-pyrrole nitrogens is 1. The molecule has 1 unspecified atom stereocenters. The fourth-order valence-electron chi connectivity index (χ4n) is 4.08. The van der Waals surface area contributed by atoms with Gasteiger partial charge >= 0.3 is 0 Å². The highest BCUT2D eigenvalue weighted by atomic mass is 35.5. The van der Waals surface area contributed by atoms with Crippen LogP contribution in [0.25, 0.3) is 22.2 Å². The average Bonchev–Trinajstić information content (AvgIpc) is 2.84. The normalized spacial score (nSPS) is 15.0. The largest absolute Gasteiger partial charge is 0.382 e. The number of aryl methyl sites for hydroxylation is 1. The number of fused-ring (bicyclic) bond motifs is 1. The van der Waals surface area contributed by atoms with Gasteiger partial charge in [-0.15, -0.1) is 0 Å². The van der Waals surface area contributed by atoms with Gasteiger partial charge < -0.3 is 14.7 Å². The second-order valence-corrected chi connectivity index (χ2v) is 8.93. The second kappa shape index (κ2) is 9.34. The van der Waals surface area contributed by atoms with Gasteiger partial charge in [-0.05, 0) is 43.3 Å². The van der Waals surface area contributed by atoms with E-state index in [9.17, 15) is 5.11 Å². The molecule has 1 saturated heterocycles. The fourth-order valence-corrected chi connectivity index (χ4v) is 4.67. The van der Waals surface area contributed by atoms with E-state index in [-0.39, 0.29) is 21.8 Å². The molecule has 2 aromatic heterocycles. The van der Waals surface area contributed by atoms with Crippen LogP contribution in [0.1, 0.15) is 23.1 Å². The lowest BCUT2D eigenvalue weighted by Gasteiger charge is -2.29. The minimum Gasteiger partial charge on any atom is -0.382 e. The summed E-state index contributed by atoms with van der Waals surface area (Å²) in [5.41, 5.74) is 3.60. The van der Waals surface area contributed by atoms with Crippen LogP contribution >= 0.6 is 23.8 Å². The average molecular weight is 498 g/mol. The number of morpholine rings is 1. The summed E-state index contributed by atoms with van der Waals surface area (Å²) >= 11 is 11.7.